The summed E-state index contributed by atoms with van der Waals surface area (Å²) in [6, 6.07) is 9.20. The van der Waals surface area contributed by atoms with Crippen molar-refractivity contribution in [2.24, 2.45) is 0 Å². The minimum atomic E-state index is -0.278. The Hall–Kier alpha value is -3.39. The minimum Gasteiger partial charge on any atom is -0.493 e. The van der Waals surface area contributed by atoms with Crippen molar-refractivity contribution in [3.8, 4) is 22.8 Å². The number of ether oxygens (including phenoxy) is 3. The molecule has 0 spiro atoms. The van der Waals surface area contributed by atoms with Gasteiger partial charge in [0.05, 0.1) is 26.0 Å². The van der Waals surface area contributed by atoms with Crippen LogP contribution >= 0.6 is 0 Å². The number of nitrogens with one attached hydrogen (secondary N) is 1. The van der Waals surface area contributed by atoms with Gasteiger partial charge in [-0.25, -0.2) is 0 Å². The number of benzene rings is 1. The lowest BCUT2D eigenvalue weighted by Crippen LogP contribution is -2.31. The molecule has 30 heavy (non-hydrogen) atoms. The van der Waals surface area contributed by atoms with Crippen molar-refractivity contribution in [1.29, 1.82) is 0 Å². The molecule has 3 heterocycles. The van der Waals surface area contributed by atoms with Gasteiger partial charge in [-0.15, -0.1) is 0 Å². The first-order valence-electron chi connectivity index (χ1n) is 9.70. The molecule has 0 saturated carbocycles. The smallest absolute Gasteiger partial charge is 0.273 e. The zero-order chi connectivity index (χ0) is 21.1. The van der Waals surface area contributed by atoms with Crippen LogP contribution in [-0.2, 0) is 4.74 Å². The van der Waals surface area contributed by atoms with E-state index < -0.39 is 0 Å². The van der Waals surface area contributed by atoms with Crippen LogP contribution in [0, 0.1) is 0 Å². The Kier molecular flexibility index (Phi) is 5.67. The summed E-state index contributed by atoms with van der Waals surface area (Å²) in [4.78, 5) is 19.3. The molecule has 4 rings (SSSR count). The van der Waals surface area contributed by atoms with Crippen molar-refractivity contribution >= 4 is 5.91 Å². The van der Waals surface area contributed by atoms with E-state index in [0.29, 0.717) is 36.0 Å². The fourth-order valence-electron chi connectivity index (χ4n) is 3.89. The Labute approximate surface area is 174 Å². The van der Waals surface area contributed by atoms with Gasteiger partial charge in [0.1, 0.15) is 5.69 Å². The number of H-pyrrole nitrogens is 1. The first-order valence-corrected chi connectivity index (χ1v) is 9.70. The lowest BCUT2D eigenvalue weighted by Gasteiger charge is -2.26. The van der Waals surface area contributed by atoms with Crippen LogP contribution in [0.1, 0.15) is 34.1 Å². The third-order valence-corrected chi connectivity index (χ3v) is 5.27. The SMILES string of the molecule is COCCCN1C(=O)c2[nH]nc(-c3ccc(OC)c(OC)c3)c2C1c1cccnc1. The maximum atomic E-state index is 13.2. The van der Waals surface area contributed by atoms with E-state index in [1.807, 2.05) is 35.2 Å². The number of hydrogen-bond donors (Lipinski definition) is 1. The molecule has 0 radical (unpaired) electrons. The highest BCUT2D eigenvalue weighted by atomic mass is 16.5. The molecule has 8 heteroatoms. The van der Waals surface area contributed by atoms with Gasteiger partial charge in [-0.2, -0.15) is 5.10 Å². The summed E-state index contributed by atoms with van der Waals surface area (Å²) in [6.45, 7) is 1.15. The van der Waals surface area contributed by atoms with Crippen molar-refractivity contribution in [2.45, 2.75) is 12.5 Å². The van der Waals surface area contributed by atoms with E-state index in [2.05, 4.69) is 15.2 Å². The summed E-state index contributed by atoms with van der Waals surface area (Å²) in [7, 11) is 4.85. The Morgan fingerprint density at radius 3 is 2.67 bits per heavy atom. The zero-order valence-electron chi connectivity index (χ0n) is 17.2. The molecule has 3 aromatic rings. The van der Waals surface area contributed by atoms with Crippen LogP contribution in [0.3, 0.4) is 0 Å². The Bertz CT molecular complexity index is 1030. The Balaban J connectivity index is 1.81. The van der Waals surface area contributed by atoms with E-state index >= 15 is 0 Å². The van der Waals surface area contributed by atoms with Gasteiger partial charge in [0.25, 0.3) is 5.91 Å². The highest BCUT2D eigenvalue weighted by Gasteiger charge is 2.42. The Morgan fingerprint density at radius 1 is 1.13 bits per heavy atom. The Morgan fingerprint density at radius 2 is 1.97 bits per heavy atom. The van der Waals surface area contributed by atoms with E-state index in [4.69, 9.17) is 14.2 Å². The lowest BCUT2D eigenvalue weighted by atomic mass is 9.97. The highest BCUT2D eigenvalue weighted by molar-refractivity contribution is 6.00. The number of rotatable bonds is 8. The largest absolute Gasteiger partial charge is 0.493 e. The topological polar surface area (TPSA) is 89.6 Å². The second-order valence-corrected chi connectivity index (χ2v) is 6.96. The molecule has 1 atom stereocenters. The average Bonchev–Trinajstić information content (AvgIpc) is 3.33. The number of carbonyl (C=O) groups is 1. The fourth-order valence-corrected chi connectivity index (χ4v) is 3.89. The average molecular weight is 408 g/mol. The standard InChI is InChI=1S/C22H24N4O4/c1-28-11-5-10-26-21(15-6-4-9-23-13-15)18-19(24-25-20(18)22(26)27)14-7-8-16(29-2)17(12-14)30-3/h4,6-9,12-13,21H,5,10-11H2,1-3H3,(H,24,25). The number of carbonyl (C=O) groups excluding carboxylic acids is 1. The van der Waals surface area contributed by atoms with Crippen molar-refractivity contribution in [1.82, 2.24) is 20.1 Å². The van der Waals surface area contributed by atoms with E-state index in [1.165, 1.54) is 0 Å². The molecule has 156 valence electrons. The van der Waals surface area contributed by atoms with Gasteiger partial charge in [-0.3, -0.25) is 14.9 Å². The maximum absolute atomic E-state index is 13.2. The molecule has 1 aliphatic rings. The van der Waals surface area contributed by atoms with Crippen molar-refractivity contribution in [2.75, 3.05) is 34.5 Å². The van der Waals surface area contributed by atoms with Crippen molar-refractivity contribution in [3.63, 3.8) is 0 Å². The summed E-state index contributed by atoms with van der Waals surface area (Å²) in [5, 5.41) is 7.44. The second-order valence-electron chi connectivity index (χ2n) is 6.96. The fraction of sp³-hybridized carbons (Fsp3) is 0.318. The molecule has 0 fully saturated rings. The van der Waals surface area contributed by atoms with Crippen LogP contribution in [0.15, 0.2) is 42.7 Å². The zero-order valence-corrected chi connectivity index (χ0v) is 17.2. The molecule has 1 unspecified atom stereocenters. The van der Waals surface area contributed by atoms with Gasteiger partial charge >= 0.3 is 0 Å². The molecular weight excluding hydrogens is 384 g/mol. The maximum Gasteiger partial charge on any atom is 0.273 e. The first kappa shape index (κ1) is 19.9. The predicted octanol–water partition coefficient (Wildman–Crippen LogP) is 3.07. The van der Waals surface area contributed by atoms with Gasteiger partial charge in [-0.05, 0) is 36.2 Å². The first-order chi connectivity index (χ1) is 14.7. The van der Waals surface area contributed by atoms with Crippen molar-refractivity contribution in [3.05, 3.63) is 59.5 Å². The van der Waals surface area contributed by atoms with Crippen LogP contribution in [0.2, 0.25) is 0 Å². The van der Waals surface area contributed by atoms with E-state index in [0.717, 1.165) is 23.1 Å². The van der Waals surface area contributed by atoms with E-state index in [-0.39, 0.29) is 11.9 Å². The third kappa shape index (κ3) is 3.39. The molecule has 8 nitrogen and oxygen atoms in total. The van der Waals surface area contributed by atoms with Gasteiger partial charge in [0.15, 0.2) is 11.5 Å². The number of aromatic amines is 1. The summed E-state index contributed by atoms with van der Waals surface area (Å²) >= 11 is 0. The molecule has 0 bridgehead atoms. The number of methoxy groups -OCH3 is 3. The summed E-state index contributed by atoms with van der Waals surface area (Å²) in [5.74, 6) is 1.16. The van der Waals surface area contributed by atoms with Crippen LogP contribution < -0.4 is 9.47 Å². The van der Waals surface area contributed by atoms with Gasteiger partial charge in [0, 0.05) is 43.8 Å². The van der Waals surface area contributed by atoms with Gasteiger partial charge in [0.2, 0.25) is 0 Å². The lowest BCUT2D eigenvalue weighted by molar-refractivity contribution is 0.0723. The van der Waals surface area contributed by atoms with Crippen molar-refractivity contribution < 1.29 is 19.0 Å². The van der Waals surface area contributed by atoms with Crippen LogP contribution in [0.5, 0.6) is 11.5 Å². The molecule has 1 aromatic carbocycles. The molecular formula is C22H24N4O4. The highest BCUT2D eigenvalue weighted by Crippen LogP contribution is 2.43. The second kappa shape index (κ2) is 8.54. The number of nitrogens with zero attached hydrogens (tertiary/aromatic N) is 3. The summed E-state index contributed by atoms with van der Waals surface area (Å²) in [6.07, 6.45) is 4.26. The molecule has 1 N–H and O–H groups in total. The van der Waals surface area contributed by atoms with Crippen LogP contribution in [0.4, 0.5) is 0 Å². The predicted molar refractivity (Wildman–Crippen MR) is 111 cm³/mol. The molecule has 1 amide bonds. The number of amides is 1. The number of aromatic nitrogens is 3. The number of pyridine rings is 1. The third-order valence-electron chi connectivity index (χ3n) is 5.27. The van der Waals surface area contributed by atoms with E-state index in [1.54, 1.807) is 33.7 Å². The summed E-state index contributed by atoms with van der Waals surface area (Å²) < 4.78 is 16.0. The van der Waals surface area contributed by atoms with Gasteiger partial charge < -0.3 is 19.1 Å². The molecule has 1 aliphatic heterocycles. The molecule has 0 saturated heterocycles. The minimum absolute atomic E-state index is 0.0748. The quantitative estimate of drug-likeness (QED) is 0.576. The molecule has 0 aliphatic carbocycles. The normalized spacial score (nSPS) is 15.4. The molecule has 2 aromatic heterocycles. The van der Waals surface area contributed by atoms with Crippen LogP contribution in [0.25, 0.3) is 11.3 Å². The monoisotopic (exact) mass is 408 g/mol. The van der Waals surface area contributed by atoms with Crippen LogP contribution in [-0.4, -0.2) is 60.5 Å². The number of fused-ring (bicyclic) bond motifs is 1. The van der Waals surface area contributed by atoms with E-state index in [9.17, 15) is 4.79 Å². The van der Waals surface area contributed by atoms with Gasteiger partial charge in [-0.1, -0.05) is 6.07 Å². The number of hydrogen-bond acceptors (Lipinski definition) is 6. The summed E-state index contributed by atoms with van der Waals surface area (Å²) in [5.41, 5.74) is 3.84.